The second-order valence-electron chi connectivity index (χ2n) is 5.95. The summed E-state index contributed by atoms with van der Waals surface area (Å²) in [6.07, 6.45) is 3.88. The van der Waals surface area contributed by atoms with Crippen LogP contribution in [-0.4, -0.2) is 64.5 Å². The van der Waals surface area contributed by atoms with E-state index in [0.717, 1.165) is 0 Å². The zero-order valence-electron chi connectivity index (χ0n) is 15.8. The average molecular weight is 408 g/mol. The molecule has 1 rings (SSSR count). The standard InChI is InChI=1S/C21H25FO7/c22-16-9-11-18(12-10-16)29-13-17(23)7-5-3-1-2-4-6-8-19(24)20(25)14-28-15-21(26)27/h5-12,17,19-20,23-25H,1,3,13-15H2,(H,26,27)/b7-5+,8-6+/t17-,19+,20-/m0/s1. The topological polar surface area (TPSA) is 116 Å². The van der Waals surface area contributed by atoms with Crippen molar-refractivity contribution in [1.82, 2.24) is 0 Å². The van der Waals surface area contributed by atoms with Gasteiger partial charge < -0.3 is 29.9 Å². The fourth-order valence-corrected chi connectivity index (χ4v) is 1.95. The number of aliphatic hydroxyl groups is 3. The zero-order chi connectivity index (χ0) is 21.5. The summed E-state index contributed by atoms with van der Waals surface area (Å²) in [5, 5.41) is 37.4. The molecule has 0 heterocycles. The molecule has 158 valence electrons. The van der Waals surface area contributed by atoms with Crippen molar-refractivity contribution >= 4 is 5.97 Å². The molecule has 0 aliphatic rings. The van der Waals surface area contributed by atoms with Gasteiger partial charge >= 0.3 is 5.97 Å². The van der Waals surface area contributed by atoms with Gasteiger partial charge in [0.15, 0.2) is 0 Å². The summed E-state index contributed by atoms with van der Waals surface area (Å²) in [4.78, 5) is 10.3. The molecule has 0 saturated heterocycles. The van der Waals surface area contributed by atoms with Crippen LogP contribution in [0, 0.1) is 17.7 Å². The van der Waals surface area contributed by atoms with Gasteiger partial charge in [0.25, 0.3) is 0 Å². The molecule has 7 nitrogen and oxygen atoms in total. The van der Waals surface area contributed by atoms with Crippen LogP contribution in [0.15, 0.2) is 48.6 Å². The Labute approximate surface area is 168 Å². The summed E-state index contributed by atoms with van der Waals surface area (Å²) in [6, 6.07) is 5.51. The summed E-state index contributed by atoms with van der Waals surface area (Å²) in [7, 11) is 0. The average Bonchev–Trinajstić information content (AvgIpc) is 2.69. The van der Waals surface area contributed by atoms with Crippen molar-refractivity contribution in [2.24, 2.45) is 0 Å². The van der Waals surface area contributed by atoms with Crippen LogP contribution in [0.25, 0.3) is 0 Å². The molecule has 0 bridgehead atoms. The minimum atomic E-state index is -1.24. The Morgan fingerprint density at radius 1 is 1.14 bits per heavy atom. The maximum atomic E-state index is 12.8. The van der Waals surface area contributed by atoms with Crippen molar-refractivity contribution in [3.63, 3.8) is 0 Å². The molecule has 0 amide bonds. The third-order valence-electron chi connectivity index (χ3n) is 3.42. The fourth-order valence-electron chi connectivity index (χ4n) is 1.95. The van der Waals surface area contributed by atoms with Gasteiger partial charge in [0.2, 0.25) is 0 Å². The number of ether oxygens (including phenoxy) is 2. The predicted octanol–water partition coefficient (Wildman–Crippen LogP) is 1.28. The third kappa shape index (κ3) is 12.4. The Kier molecular flexibility index (Phi) is 12.0. The smallest absolute Gasteiger partial charge is 0.329 e. The van der Waals surface area contributed by atoms with Crippen molar-refractivity contribution in [2.45, 2.75) is 31.2 Å². The largest absolute Gasteiger partial charge is 0.491 e. The van der Waals surface area contributed by atoms with E-state index < -0.39 is 30.9 Å². The van der Waals surface area contributed by atoms with Gasteiger partial charge in [-0.05, 0) is 42.8 Å². The van der Waals surface area contributed by atoms with Crippen LogP contribution in [0.2, 0.25) is 0 Å². The lowest BCUT2D eigenvalue weighted by Gasteiger charge is -2.13. The predicted molar refractivity (Wildman–Crippen MR) is 104 cm³/mol. The molecule has 0 fully saturated rings. The number of rotatable bonds is 12. The molecular formula is C21H25FO7. The number of hydrogen-bond donors (Lipinski definition) is 4. The molecule has 0 unspecified atom stereocenters. The second-order valence-corrected chi connectivity index (χ2v) is 5.95. The molecule has 1 aromatic rings. The highest BCUT2D eigenvalue weighted by molar-refractivity contribution is 5.67. The molecular weight excluding hydrogens is 383 g/mol. The van der Waals surface area contributed by atoms with E-state index in [9.17, 15) is 24.5 Å². The Balaban J connectivity index is 2.18. The van der Waals surface area contributed by atoms with Gasteiger partial charge in [0.05, 0.1) is 6.61 Å². The Morgan fingerprint density at radius 3 is 2.55 bits per heavy atom. The van der Waals surface area contributed by atoms with Crippen molar-refractivity contribution in [3.05, 3.63) is 54.4 Å². The molecule has 0 aliphatic carbocycles. The highest BCUT2D eigenvalue weighted by Gasteiger charge is 2.13. The van der Waals surface area contributed by atoms with E-state index in [-0.39, 0.29) is 19.0 Å². The van der Waals surface area contributed by atoms with Gasteiger partial charge in [-0.2, -0.15) is 0 Å². The first-order valence-corrected chi connectivity index (χ1v) is 8.92. The molecule has 3 atom stereocenters. The van der Waals surface area contributed by atoms with E-state index in [0.29, 0.717) is 18.6 Å². The van der Waals surface area contributed by atoms with Gasteiger partial charge in [-0.3, -0.25) is 0 Å². The molecule has 0 radical (unpaired) electrons. The van der Waals surface area contributed by atoms with Crippen LogP contribution >= 0.6 is 0 Å². The summed E-state index contributed by atoms with van der Waals surface area (Å²) in [5.74, 6) is 4.49. The first-order chi connectivity index (χ1) is 13.9. The SMILES string of the molecule is O=C(O)COC[C@H](O)[C@H](O)/C=C/C#CCC/C=C/[C@H](O)COc1ccc(F)cc1. The highest BCUT2D eigenvalue weighted by atomic mass is 19.1. The Hall–Kier alpha value is -2.70. The second kappa shape index (κ2) is 14.3. The molecule has 29 heavy (non-hydrogen) atoms. The number of aliphatic hydroxyl groups excluding tert-OH is 3. The van der Waals surface area contributed by atoms with Gasteiger partial charge in [0, 0.05) is 6.42 Å². The molecule has 0 spiro atoms. The van der Waals surface area contributed by atoms with Crippen LogP contribution in [0.4, 0.5) is 4.39 Å². The lowest BCUT2D eigenvalue weighted by molar-refractivity contribution is -0.143. The number of aliphatic carboxylic acids is 1. The minimum absolute atomic E-state index is 0.0486. The van der Waals surface area contributed by atoms with Crippen molar-refractivity contribution in [1.29, 1.82) is 0 Å². The van der Waals surface area contributed by atoms with Crippen LogP contribution < -0.4 is 4.74 Å². The summed E-state index contributed by atoms with van der Waals surface area (Å²) < 4.78 is 22.8. The number of benzene rings is 1. The van der Waals surface area contributed by atoms with Crippen LogP contribution in [0.3, 0.4) is 0 Å². The number of carboxylic acid groups (broad SMARTS) is 1. The van der Waals surface area contributed by atoms with Crippen LogP contribution in [0.1, 0.15) is 12.8 Å². The van der Waals surface area contributed by atoms with E-state index in [1.807, 2.05) is 0 Å². The van der Waals surface area contributed by atoms with Gasteiger partial charge in [-0.15, -0.1) is 0 Å². The maximum absolute atomic E-state index is 12.8. The number of carbonyl (C=O) groups is 1. The van der Waals surface area contributed by atoms with E-state index in [4.69, 9.17) is 9.84 Å². The molecule has 0 saturated carbocycles. The molecule has 0 aliphatic heterocycles. The van der Waals surface area contributed by atoms with Gasteiger partial charge in [-0.1, -0.05) is 24.0 Å². The number of hydrogen-bond acceptors (Lipinski definition) is 6. The van der Waals surface area contributed by atoms with Crippen molar-refractivity contribution in [3.8, 4) is 17.6 Å². The van der Waals surface area contributed by atoms with Crippen molar-refractivity contribution < 1.29 is 39.1 Å². The summed E-state index contributed by atoms with van der Waals surface area (Å²) >= 11 is 0. The molecule has 1 aromatic carbocycles. The Bertz CT molecular complexity index is 719. The Morgan fingerprint density at radius 2 is 1.86 bits per heavy atom. The molecule has 4 N–H and O–H groups in total. The monoisotopic (exact) mass is 408 g/mol. The van der Waals surface area contributed by atoms with E-state index in [1.54, 1.807) is 12.2 Å². The van der Waals surface area contributed by atoms with E-state index in [1.165, 1.54) is 36.4 Å². The van der Waals surface area contributed by atoms with Crippen LogP contribution in [-0.2, 0) is 9.53 Å². The lowest BCUT2D eigenvalue weighted by Crippen LogP contribution is -2.29. The minimum Gasteiger partial charge on any atom is -0.491 e. The summed E-state index contributed by atoms with van der Waals surface area (Å²) in [5.41, 5.74) is 0. The van der Waals surface area contributed by atoms with Gasteiger partial charge in [-0.25, -0.2) is 9.18 Å². The first kappa shape index (κ1) is 24.3. The van der Waals surface area contributed by atoms with Gasteiger partial charge in [0.1, 0.15) is 43.1 Å². The van der Waals surface area contributed by atoms with Crippen LogP contribution in [0.5, 0.6) is 5.75 Å². The number of unbranched alkanes of at least 4 members (excludes halogenated alkanes) is 1. The van der Waals surface area contributed by atoms with Crippen molar-refractivity contribution in [2.75, 3.05) is 19.8 Å². The van der Waals surface area contributed by atoms with E-state index >= 15 is 0 Å². The zero-order valence-corrected chi connectivity index (χ0v) is 15.8. The highest BCUT2D eigenvalue weighted by Crippen LogP contribution is 2.11. The third-order valence-corrected chi connectivity index (χ3v) is 3.42. The fraction of sp³-hybridized carbons (Fsp3) is 0.381. The number of carboxylic acids is 1. The number of halogens is 1. The maximum Gasteiger partial charge on any atom is 0.329 e. The van der Waals surface area contributed by atoms with E-state index in [2.05, 4.69) is 16.6 Å². The summed E-state index contributed by atoms with van der Waals surface area (Å²) in [6.45, 7) is -0.802. The number of allylic oxidation sites excluding steroid dienone is 2. The normalized spacial score (nSPS) is 14.3. The quantitative estimate of drug-likeness (QED) is 0.234. The lowest BCUT2D eigenvalue weighted by atomic mass is 10.2. The first-order valence-electron chi connectivity index (χ1n) is 8.92. The molecule has 0 aromatic heterocycles. The molecule has 8 heteroatoms.